The zero-order valence-electron chi connectivity index (χ0n) is 49.4. The third kappa shape index (κ3) is 16.2. The first kappa shape index (κ1) is 65.4. The zero-order valence-corrected chi connectivity index (χ0v) is 49.4. The molecule has 28 nitrogen and oxygen atoms in total. The van der Waals surface area contributed by atoms with Gasteiger partial charge in [0.15, 0.2) is 41.3 Å². The summed E-state index contributed by atoms with van der Waals surface area (Å²) in [6.45, 7) is 12.1. The second-order valence-corrected chi connectivity index (χ2v) is 19.5. The van der Waals surface area contributed by atoms with Gasteiger partial charge in [-0.2, -0.15) is 0 Å². The van der Waals surface area contributed by atoms with Gasteiger partial charge in [-0.05, 0) is 48.5 Å². The molecule has 0 bridgehead atoms. The van der Waals surface area contributed by atoms with Gasteiger partial charge in [0.25, 0.3) is 0 Å². The molecule has 28 heteroatoms. The molecule has 0 N–H and O–H groups in total. The average molecular weight is 1240 g/mol. The first-order valence-corrected chi connectivity index (χ1v) is 26.4. The average Bonchev–Trinajstić information content (AvgIpc) is 0.725. The van der Waals surface area contributed by atoms with Crippen molar-refractivity contribution in [3.05, 3.63) is 100 Å². The normalized spacial score (nSPS) is 16.0. The van der Waals surface area contributed by atoms with Crippen LogP contribution >= 0.6 is 0 Å². The summed E-state index contributed by atoms with van der Waals surface area (Å²) in [6.07, 6.45) is -7.89. The molecule has 5 aromatic rings. The van der Waals surface area contributed by atoms with Crippen LogP contribution in [0.1, 0.15) is 139 Å². The fraction of sp³-hybridized carbons (Fsp3) is 0.295. The van der Waals surface area contributed by atoms with Crippen LogP contribution in [-0.4, -0.2) is 89.8 Å². The quantitative estimate of drug-likeness (QED) is 0.0670. The molecule has 2 aliphatic heterocycles. The van der Waals surface area contributed by atoms with E-state index in [1.54, 1.807) is 0 Å². The Morgan fingerprint density at radius 1 is 0.360 bits per heavy atom. The highest BCUT2D eigenvalue weighted by atomic mass is 16.6. The monoisotopic (exact) mass is 1230 g/mol. The number of esters is 13. The maximum atomic E-state index is 14.5. The zero-order chi connectivity index (χ0) is 65.5. The minimum atomic E-state index is -1.96. The molecule has 0 aromatic heterocycles. The minimum absolute atomic E-state index is 0.0463. The maximum Gasteiger partial charge on any atom is 0.338 e. The van der Waals surface area contributed by atoms with Crippen molar-refractivity contribution < 1.29 is 133 Å². The number of rotatable bonds is 17. The van der Waals surface area contributed by atoms with E-state index in [1.807, 2.05) is 0 Å². The Balaban J connectivity index is 1.67. The van der Waals surface area contributed by atoms with E-state index < -0.39 is 172 Å². The lowest BCUT2D eigenvalue weighted by Crippen LogP contribution is -2.40. The van der Waals surface area contributed by atoms with Gasteiger partial charge in [-0.1, -0.05) is 0 Å². The summed E-state index contributed by atoms with van der Waals surface area (Å²) in [5.41, 5.74) is -1.44. The van der Waals surface area contributed by atoms with Crippen molar-refractivity contribution >= 4 is 77.6 Å². The Bertz CT molecular complexity index is 3720. The molecule has 7 rings (SSSR count). The van der Waals surface area contributed by atoms with Crippen LogP contribution in [0, 0.1) is 0 Å². The Labute approximate surface area is 504 Å². The van der Waals surface area contributed by atoms with Crippen LogP contribution in [-0.2, 0) is 73.4 Å². The van der Waals surface area contributed by atoms with Crippen LogP contribution in [0.2, 0.25) is 0 Å². The van der Waals surface area contributed by atoms with E-state index in [2.05, 4.69) is 0 Å². The standard InChI is InChI=1S/C61H54O28/c1-25(62)75-40-15-13-37(14-16-40)61(74)88-51-23-42-43(77-27(3)64)24-46(79-29(5)66)53(57(42)89-55(51)38-17-47(80-30(6)67)58(84-34(10)71)48(18-38)81-31(7)68)54-52-44(78-28(4)65)21-41(76-26(2)63)22-45(52)87-56(60(54)86-36(12)73)39-19-49(82-32(8)69)59(85-35(11)72)50(20-39)83-33(9)70/h13-22,24,51,54-56,60H,23H2,1-12H3/t51-,54+,55-,56-,60-/m1/s1. The molecule has 5 atom stereocenters. The van der Waals surface area contributed by atoms with Gasteiger partial charge in [-0.15, -0.1) is 0 Å². The molecule has 2 heterocycles. The molecule has 5 aromatic carbocycles. The lowest BCUT2D eigenvalue weighted by Gasteiger charge is -2.42. The van der Waals surface area contributed by atoms with Crippen molar-refractivity contribution in [2.75, 3.05) is 0 Å². The number of carbonyl (C=O) groups is 13. The summed E-state index contributed by atoms with van der Waals surface area (Å²) < 4.78 is 87.2. The fourth-order valence-corrected chi connectivity index (χ4v) is 9.52. The van der Waals surface area contributed by atoms with Crippen molar-refractivity contribution in [2.24, 2.45) is 0 Å². The van der Waals surface area contributed by atoms with E-state index in [9.17, 15) is 62.3 Å². The van der Waals surface area contributed by atoms with Crippen molar-refractivity contribution in [3.8, 4) is 74.7 Å². The van der Waals surface area contributed by atoms with Gasteiger partial charge >= 0.3 is 77.6 Å². The van der Waals surface area contributed by atoms with E-state index in [1.165, 1.54) is 24.3 Å². The first-order valence-electron chi connectivity index (χ1n) is 26.4. The Kier molecular flexibility index (Phi) is 20.2. The minimum Gasteiger partial charge on any atom is -0.481 e. The van der Waals surface area contributed by atoms with Crippen LogP contribution in [0.5, 0.6) is 74.7 Å². The predicted octanol–water partition coefficient (Wildman–Crippen LogP) is 6.96. The lowest BCUT2D eigenvalue weighted by atomic mass is 9.77. The SMILES string of the molecule is CC(=O)Oc1ccc(C(=O)O[C@@H]2Cc3c(OC(C)=O)cc(OC(C)=O)c([C@@H]4c5c(OC(C)=O)cc(OC(C)=O)cc5O[C@H](c5cc(OC(C)=O)c(OC(C)=O)c(OC(C)=O)c5)[C@@H]4OC(C)=O)c3O[C@@H]2c2cc(OC(C)=O)c(OC(C)=O)c(OC(C)=O)c2)cc1. The van der Waals surface area contributed by atoms with E-state index in [0.29, 0.717) is 0 Å². The van der Waals surface area contributed by atoms with Gasteiger partial charge in [0.1, 0.15) is 46.4 Å². The summed E-state index contributed by atoms with van der Waals surface area (Å²) in [7, 11) is 0. The smallest absolute Gasteiger partial charge is 0.338 e. The van der Waals surface area contributed by atoms with Crippen molar-refractivity contribution in [1.29, 1.82) is 0 Å². The van der Waals surface area contributed by atoms with Crippen molar-refractivity contribution in [2.45, 2.75) is 120 Å². The molecule has 89 heavy (non-hydrogen) atoms. The molecule has 466 valence electrons. The summed E-state index contributed by atoms with van der Waals surface area (Å²) in [4.78, 5) is 169. The van der Waals surface area contributed by atoms with Crippen LogP contribution in [0.4, 0.5) is 0 Å². The molecule has 0 unspecified atom stereocenters. The van der Waals surface area contributed by atoms with Crippen LogP contribution in [0.25, 0.3) is 0 Å². The molecule has 2 aliphatic rings. The Hall–Kier alpha value is -11.2. The summed E-state index contributed by atoms with van der Waals surface area (Å²) in [5.74, 6) is -20.6. The maximum absolute atomic E-state index is 14.5. The van der Waals surface area contributed by atoms with Gasteiger partial charge in [0.2, 0.25) is 11.5 Å². The molecule has 0 spiro atoms. The Morgan fingerprint density at radius 3 is 1.18 bits per heavy atom. The van der Waals surface area contributed by atoms with Crippen molar-refractivity contribution in [3.63, 3.8) is 0 Å². The second kappa shape index (κ2) is 27.5. The van der Waals surface area contributed by atoms with Crippen LogP contribution in [0.15, 0.2) is 66.7 Å². The highest BCUT2D eigenvalue weighted by molar-refractivity contribution is 5.90. The van der Waals surface area contributed by atoms with Crippen molar-refractivity contribution in [1.82, 2.24) is 0 Å². The first-order chi connectivity index (χ1) is 41.8. The summed E-state index contributed by atoms with van der Waals surface area (Å²) in [5, 5.41) is 0. The Morgan fingerprint density at radius 2 is 0.753 bits per heavy atom. The number of ether oxygens (including phenoxy) is 15. The van der Waals surface area contributed by atoms with E-state index in [0.717, 1.165) is 126 Å². The van der Waals surface area contributed by atoms with Gasteiger partial charge in [0, 0.05) is 136 Å². The van der Waals surface area contributed by atoms with Gasteiger partial charge in [-0.25, -0.2) is 4.79 Å². The summed E-state index contributed by atoms with van der Waals surface area (Å²) in [6, 6.07) is 12.7. The van der Waals surface area contributed by atoms with E-state index >= 15 is 0 Å². The second-order valence-electron chi connectivity index (χ2n) is 19.5. The lowest BCUT2D eigenvalue weighted by molar-refractivity contribution is -0.154. The molecular weight excluding hydrogens is 1180 g/mol. The van der Waals surface area contributed by atoms with E-state index in [-0.39, 0.29) is 50.6 Å². The predicted molar refractivity (Wildman–Crippen MR) is 294 cm³/mol. The highest BCUT2D eigenvalue weighted by Crippen LogP contribution is 2.60. The van der Waals surface area contributed by atoms with Gasteiger partial charge in [-0.3, -0.25) is 57.5 Å². The third-order valence-electron chi connectivity index (χ3n) is 12.1. The number of hydrogen-bond donors (Lipinski definition) is 0. The molecule has 0 saturated carbocycles. The third-order valence-corrected chi connectivity index (χ3v) is 12.1. The van der Waals surface area contributed by atoms with Gasteiger partial charge in [0.05, 0.1) is 11.5 Å². The molecule has 0 aliphatic carbocycles. The topological polar surface area (TPSA) is 360 Å². The van der Waals surface area contributed by atoms with E-state index in [4.69, 9.17) is 71.1 Å². The molecular formula is C61H54O28. The number of hydrogen-bond acceptors (Lipinski definition) is 28. The molecule has 0 saturated heterocycles. The molecule has 0 fully saturated rings. The number of benzene rings is 5. The fourth-order valence-electron chi connectivity index (χ4n) is 9.52. The number of fused-ring (bicyclic) bond motifs is 2. The molecule has 0 radical (unpaired) electrons. The molecule has 0 amide bonds. The number of carbonyl (C=O) groups excluding carboxylic acids is 13. The van der Waals surface area contributed by atoms with Crippen LogP contribution in [0.3, 0.4) is 0 Å². The largest absolute Gasteiger partial charge is 0.481 e. The summed E-state index contributed by atoms with van der Waals surface area (Å²) >= 11 is 0. The van der Waals surface area contributed by atoms with Gasteiger partial charge < -0.3 is 71.1 Å². The van der Waals surface area contributed by atoms with Crippen LogP contribution < -0.4 is 61.6 Å². The highest BCUT2D eigenvalue weighted by Gasteiger charge is 2.51.